The number of hydrogen-bond acceptors (Lipinski definition) is 12. The van der Waals surface area contributed by atoms with Gasteiger partial charge in [0, 0.05) is 0 Å². The molecule has 46 heavy (non-hydrogen) atoms. The summed E-state index contributed by atoms with van der Waals surface area (Å²) in [6.07, 6.45) is 5.19. The Morgan fingerprint density at radius 1 is 1.28 bits per heavy atom. The molecule has 4 unspecified atom stereocenters. The Morgan fingerprint density at radius 3 is 2.67 bits per heavy atom. The fraction of sp³-hybridized carbons (Fsp3) is 0.600. The molecule has 3 aliphatic heterocycles. The molecule has 2 fully saturated rings. The van der Waals surface area contributed by atoms with Gasteiger partial charge in [-0.25, -0.2) is 23.3 Å². The quantitative estimate of drug-likeness (QED) is 0.203. The first kappa shape index (κ1) is 33.9. The van der Waals surface area contributed by atoms with Gasteiger partial charge in [0.1, 0.15) is 30.3 Å². The predicted octanol–water partition coefficient (Wildman–Crippen LogP) is 3.67. The smallest absolute Gasteiger partial charge is 0.459 e. The minimum atomic E-state index is -4.62. The maximum atomic E-state index is 16.5. The van der Waals surface area contributed by atoms with Crippen LogP contribution in [0, 0.1) is 12.3 Å². The minimum absolute atomic E-state index is 0.0601. The number of nitrogens with zero attached hydrogens (tertiary/aromatic N) is 4. The number of carbonyl (C=O) groups excluding carboxylic acids is 1. The van der Waals surface area contributed by atoms with Gasteiger partial charge in [-0.3, -0.25) is 14.3 Å². The van der Waals surface area contributed by atoms with Gasteiger partial charge in [-0.2, -0.15) is 5.09 Å². The van der Waals surface area contributed by atoms with Crippen molar-refractivity contribution in [2.75, 3.05) is 13.2 Å². The number of fused-ring (bicyclic) bond motifs is 1. The maximum absolute atomic E-state index is 16.5. The number of benzene rings is 1. The number of hydrogen-bond donors (Lipinski definition) is 2. The highest BCUT2D eigenvalue weighted by atomic mass is 31.2. The van der Waals surface area contributed by atoms with Gasteiger partial charge in [0.05, 0.1) is 12.9 Å². The van der Waals surface area contributed by atoms with Crippen LogP contribution < -0.4 is 9.61 Å². The van der Waals surface area contributed by atoms with Crippen LogP contribution in [0.4, 0.5) is 8.78 Å². The molecule has 1 aromatic rings. The Bertz CT molecular complexity index is 1450. The number of alkyl halides is 2. The van der Waals surface area contributed by atoms with Crippen molar-refractivity contribution < 1.29 is 46.5 Å². The number of esters is 1. The summed E-state index contributed by atoms with van der Waals surface area (Å²) < 4.78 is 74.4. The largest absolute Gasteiger partial charge is 0.479 e. The van der Waals surface area contributed by atoms with Gasteiger partial charge in [-0.15, -0.1) is 6.42 Å². The molecule has 2 N–H and O–H groups in total. The van der Waals surface area contributed by atoms with Crippen molar-refractivity contribution in [1.29, 1.82) is 0 Å². The molecule has 8 atom stereocenters. The third-order valence-electron chi connectivity index (χ3n) is 7.99. The summed E-state index contributed by atoms with van der Waals surface area (Å²) in [5, 5.41) is 13.4. The number of halogens is 2. The van der Waals surface area contributed by atoms with Crippen LogP contribution in [0.3, 0.4) is 0 Å². The van der Waals surface area contributed by atoms with Crippen molar-refractivity contribution in [2.24, 2.45) is 15.0 Å². The van der Waals surface area contributed by atoms with Crippen LogP contribution in [0.25, 0.3) is 0 Å². The Hall–Kier alpha value is -3.41. The van der Waals surface area contributed by atoms with Crippen LogP contribution in [-0.4, -0.2) is 95.5 Å². The van der Waals surface area contributed by atoms with Crippen LogP contribution >= 0.6 is 7.75 Å². The van der Waals surface area contributed by atoms with E-state index in [-0.39, 0.29) is 24.4 Å². The molecule has 16 heteroatoms. The molecule has 1 saturated carbocycles. The van der Waals surface area contributed by atoms with E-state index >= 15 is 8.78 Å². The predicted molar refractivity (Wildman–Crippen MR) is 164 cm³/mol. The molecule has 250 valence electrons. The second-order valence-corrected chi connectivity index (χ2v) is 13.1. The van der Waals surface area contributed by atoms with E-state index in [1.807, 2.05) is 5.92 Å². The zero-order valence-corrected chi connectivity index (χ0v) is 26.6. The second kappa shape index (κ2) is 13.8. The van der Waals surface area contributed by atoms with E-state index in [9.17, 15) is 14.5 Å². The number of nitrogens with one attached hydrogen (secondary N) is 1. The van der Waals surface area contributed by atoms with E-state index in [0.29, 0.717) is 18.7 Å². The minimum Gasteiger partial charge on any atom is -0.479 e. The molecular formula is C30H38F2N5O8P. The lowest BCUT2D eigenvalue weighted by molar-refractivity contribution is -0.208. The summed E-state index contributed by atoms with van der Waals surface area (Å²) in [4.78, 5) is 26.9. The highest BCUT2D eigenvalue weighted by Crippen LogP contribution is 2.50. The van der Waals surface area contributed by atoms with Gasteiger partial charge in [-0.1, -0.05) is 30.5 Å². The van der Waals surface area contributed by atoms with Crippen LogP contribution in [0.15, 0.2) is 45.3 Å². The van der Waals surface area contributed by atoms with Crippen molar-refractivity contribution in [1.82, 2.24) is 9.99 Å². The van der Waals surface area contributed by atoms with E-state index in [4.69, 9.17) is 29.7 Å². The number of aliphatic hydroxyl groups excluding tert-OH is 1. The Balaban J connectivity index is 1.34. The zero-order chi connectivity index (χ0) is 33.1. The van der Waals surface area contributed by atoms with Crippen molar-refractivity contribution in [2.45, 2.75) is 101 Å². The first-order valence-corrected chi connectivity index (χ1v) is 16.7. The normalized spacial score (nSPS) is 32.8. The van der Waals surface area contributed by atoms with E-state index in [2.05, 4.69) is 20.1 Å². The molecule has 0 radical (unpaired) electrons. The van der Waals surface area contributed by atoms with Gasteiger partial charge in [0.25, 0.3) is 5.85 Å². The lowest BCUT2D eigenvalue weighted by Gasteiger charge is -2.34. The Labute approximate surface area is 266 Å². The van der Waals surface area contributed by atoms with Gasteiger partial charge in [-0.05, 0) is 58.6 Å². The number of para-hydroxylation sites is 1. The molecule has 1 aromatic carbocycles. The molecule has 0 spiro atoms. The number of aliphatic hydroxyl groups is 1. The van der Waals surface area contributed by atoms with Crippen LogP contribution in [-0.2, 0) is 28.1 Å². The van der Waals surface area contributed by atoms with E-state index in [1.165, 1.54) is 25.4 Å². The molecule has 0 bridgehead atoms. The molecule has 3 heterocycles. The standard InChI is InChI=1S/C30H38F2N5O8P/c1-5-29(31)27(39)30(32,44-28(29)37-18-33-23-24(37)34-20(4)35-25(23)41-6-2)17-42-46(40,45-22-15-11-8-12-16-22)36-19(3)26(38)43-21-13-9-7-10-14-21/h1,8,11-12,15-16,18-19,21,23-24,27-28,39H,6-7,9-10,13-14,17H2,2-4H3,(H,36,40)/t19?,23?,24?,27-,28+,29+,30+,46?/m0/s1. The number of carbonyl (C=O) groups is 1. The van der Waals surface area contributed by atoms with E-state index in [1.54, 1.807) is 32.0 Å². The highest BCUT2D eigenvalue weighted by molar-refractivity contribution is 7.52. The van der Waals surface area contributed by atoms with Gasteiger partial charge in [0.2, 0.25) is 11.6 Å². The summed E-state index contributed by atoms with van der Waals surface area (Å²) in [7, 11) is -4.62. The molecule has 1 saturated heterocycles. The molecular weight excluding hydrogens is 627 g/mol. The van der Waals surface area contributed by atoms with E-state index in [0.717, 1.165) is 24.2 Å². The third-order valence-corrected chi connectivity index (χ3v) is 9.61. The van der Waals surface area contributed by atoms with Crippen molar-refractivity contribution in [3.05, 3.63) is 30.3 Å². The summed E-state index contributed by atoms with van der Waals surface area (Å²) >= 11 is 0. The van der Waals surface area contributed by atoms with Crippen LogP contribution in [0.5, 0.6) is 5.75 Å². The average Bonchev–Trinajstić information content (AvgIpc) is 3.54. The molecule has 1 aliphatic carbocycles. The topological polar surface area (TPSA) is 153 Å². The first-order valence-electron chi connectivity index (χ1n) is 15.2. The van der Waals surface area contributed by atoms with Crippen LogP contribution in [0.1, 0.15) is 52.9 Å². The number of terminal acetylenes is 1. The third kappa shape index (κ3) is 6.96. The average molecular weight is 666 g/mol. The summed E-state index contributed by atoms with van der Waals surface area (Å²) in [5.74, 6) is -1.67. The van der Waals surface area contributed by atoms with Crippen molar-refractivity contribution in [3.63, 3.8) is 0 Å². The van der Waals surface area contributed by atoms with Gasteiger partial charge < -0.3 is 28.7 Å². The van der Waals surface area contributed by atoms with Crippen LogP contribution in [0.2, 0.25) is 0 Å². The zero-order valence-electron chi connectivity index (χ0n) is 25.8. The second-order valence-electron chi connectivity index (χ2n) is 11.4. The first-order chi connectivity index (χ1) is 21.9. The SMILES string of the molecule is C#C[C@]1(F)[C@H](N2C=NC3C(OCC)=NC(C)=NC32)O[C@](F)(COP(=O)(NC(C)C(=O)OC2CCCCC2)Oc2ccccc2)[C@H]1O. The fourth-order valence-electron chi connectivity index (χ4n) is 5.64. The Morgan fingerprint density at radius 2 is 2.00 bits per heavy atom. The lowest BCUT2D eigenvalue weighted by Crippen LogP contribution is -2.55. The summed E-state index contributed by atoms with van der Waals surface area (Å²) in [6.45, 7) is 3.70. The molecule has 0 aromatic heterocycles. The van der Waals surface area contributed by atoms with E-state index < -0.39 is 62.4 Å². The summed E-state index contributed by atoms with van der Waals surface area (Å²) in [5.41, 5.74) is -3.14. The van der Waals surface area contributed by atoms with Crippen molar-refractivity contribution in [3.8, 4) is 18.1 Å². The number of rotatable bonds is 11. The van der Waals surface area contributed by atoms with Gasteiger partial charge >= 0.3 is 13.7 Å². The number of amidine groups is 1. The van der Waals surface area contributed by atoms with Crippen molar-refractivity contribution >= 4 is 31.8 Å². The summed E-state index contributed by atoms with van der Waals surface area (Å²) in [6, 6.07) is 5.79. The molecule has 13 nitrogen and oxygen atoms in total. The number of ether oxygens (including phenoxy) is 3. The monoisotopic (exact) mass is 665 g/mol. The Kier molecular flexibility index (Phi) is 10.1. The lowest BCUT2D eigenvalue weighted by atomic mass is 9.95. The highest BCUT2D eigenvalue weighted by Gasteiger charge is 2.69. The molecule has 4 aliphatic rings. The van der Waals surface area contributed by atoms with Gasteiger partial charge in [0.15, 0.2) is 24.5 Å². The molecule has 0 amide bonds. The molecule has 5 rings (SSSR count). The fourth-order valence-corrected chi connectivity index (χ4v) is 7.15. The number of aliphatic imine (C=N–C) groups is 3. The maximum Gasteiger partial charge on any atom is 0.459 e.